The van der Waals surface area contributed by atoms with Crippen LogP contribution in [-0.2, 0) is 4.79 Å². The average molecular weight is 213 g/mol. The molecule has 0 bridgehead atoms. The van der Waals surface area contributed by atoms with E-state index in [-0.39, 0.29) is 23.5 Å². The van der Waals surface area contributed by atoms with Gasteiger partial charge in [-0.3, -0.25) is 4.79 Å². The smallest absolute Gasteiger partial charge is 0.225 e. The van der Waals surface area contributed by atoms with Gasteiger partial charge in [0.1, 0.15) is 0 Å². The number of hydrogen-bond donors (Lipinski definition) is 2. The van der Waals surface area contributed by atoms with Crippen LogP contribution in [0.3, 0.4) is 0 Å². The number of carbonyl (C=O) groups is 1. The van der Waals surface area contributed by atoms with E-state index in [0.29, 0.717) is 5.92 Å². The molecular weight excluding hydrogens is 190 g/mol. The largest absolute Gasteiger partial charge is 0.393 e. The van der Waals surface area contributed by atoms with Crippen LogP contribution < -0.4 is 5.32 Å². The summed E-state index contributed by atoms with van der Waals surface area (Å²) in [5, 5.41) is 12.6. The minimum Gasteiger partial charge on any atom is -0.393 e. The maximum atomic E-state index is 11.7. The van der Waals surface area contributed by atoms with E-state index in [9.17, 15) is 9.90 Å². The SMILES string of the molecule is C[C@@H]1C[C@@H](NC(=O)C(C)(C)C)CC[C@H]1O. The second kappa shape index (κ2) is 4.52. The zero-order chi connectivity index (χ0) is 11.6. The number of amides is 1. The lowest BCUT2D eigenvalue weighted by Crippen LogP contribution is -2.45. The van der Waals surface area contributed by atoms with E-state index < -0.39 is 0 Å². The highest BCUT2D eigenvalue weighted by Crippen LogP contribution is 2.25. The monoisotopic (exact) mass is 213 g/mol. The zero-order valence-electron chi connectivity index (χ0n) is 10.2. The van der Waals surface area contributed by atoms with Crippen LogP contribution in [0.2, 0.25) is 0 Å². The molecule has 2 N–H and O–H groups in total. The molecule has 3 nitrogen and oxygen atoms in total. The second-order valence-electron chi connectivity index (χ2n) is 5.78. The summed E-state index contributed by atoms with van der Waals surface area (Å²) in [7, 11) is 0. The molecule has 3 atom stereocenters. The maximum absolute atomic E-state index is 11.7. The minimum atomic E-state index is -0.320. The number of hydrogen-bond acceptors (Lipinski definition) is 2. The quantitative estimate of drug-likeness (QED) is 0.696. The Balaban J connectivity index is 2.44. The van der Waals surface area contributed by atoms with Crippen molar-refractivity contribution in [2.45, 2.75) is 59.1 Å². The highest BCUT2D eigenvalue weighted by atomic mass is 16.3. The van der Waals surface area contributed by atoms with Gasteiger partial charge in [-0.05, 0) is 25.2 Å². The summed E-state index contributed by atoms with van der Waals surface area (Å²) in [5.41, 5.74) is -0.320. The third-order valence-electron chi connectivity index (χ3n) is 3.14. The predicted molar refractivity (Wildman–Crippen MR) is 60.4 cm³/mol. The molecular formula is C12H23NO2. The number of aliphatic hydroxyl groups is 1. The van der Waals surface area contributed by atoms with Crippen molar-refractivity contribution in [1.82, 2.24) is 5.32 Å². The Morgan fingerprint density at radius 1 is 1.33 bits per heavy atom. The molecule has 0 aromatic carbocycles. The Morgan fingerprint density at radius 2 is 1.93 bits per heavy atom. The Bertz CT molecular complexity index is 232. The summed E-state index contributed by atoms with van der Waals surface area (Å²) >= 11 is 0. The van der Waals surface area contributed by atoms with Crippen molar-refractivity contribution in [2.75, 3.05) is 0 Å². The molecule has 0 spiro atoms. The molecule has 0 heterocycles. The lowest BCUT2D eigenvalue weighted by Gasteiger charge is -2.33. The first-order valence-corrected chi connectivity index (χ1v) is 5.79. The molecule has 88 valence electrons. The Hall–Kier alpha value is -0.570. The van der Waals surface area contributed by atoms with Crippen LogP contribution in [0.1, 0.15) is 47.0 Å². The van der Waals surface area contributed by atoms with E-state index in [2.05, 4.69) is 5.32 Å². The fourth-order valence-corrected chi connectivity index (χ4v) is 1.91. The molecule has 15 heavy (non-hydrogen) atoms. The van der Waals surface area contributed by atoms with Gasteiger partial charge < -0.3 is 10.4 Å². The third kappa shape index (κ3) is 3.49. The molecule has 1 fully saturated rings. The maximum Gasteiger partial charge on any atom is 0.225 e. The molecule has 1 aliphatic rings. The fourth-order valence-electron chi connectivity index (χ4n) is 1.91. The molecule has 1 aliphatic carbocycles. The van der Waals surface area contributed by atoms with Crippen LogP contribution in [-0.4, -0.2) is 23.2 Å². The van der Waals surface area contributed by atoms with Gasteiger partial charge in [-0.1, -0.05) is 27.7 Å². The number of rotatable bonds is 1. The van der Waals surface area contributed by atoms with Crippen LogP contribution >= 0.6 is 0 Å². The molecule has 0 aromatic rings. The van der Waals surface area contributed by atoms with Gasteiger partial charge in [0.25, 0.3) is 0 Å². The lowest BCUT2D eigenvalue weighted by molar-refractivity contribution is -0.129. The van der Waals surface area contributed by atoms with Crippen molar-refractivity contribution >= 4 is 5.91 Å². The first kappa shape index (κ1) is 12.5. The van der Waals surface area contributed by atoms with Crippen LogP contribution in [0.25, 0.3) is 0 Å². The molecule has 1 saturated carbocycles. The van der Waals surface area contributed by atoms with E-state index in [1.807, 2.05) is 27.7 Å². The van der Waals surface area contributed by atoms with Crippen LogP contribution in [0.4, 0.5) is 0 Å². The highest BCUT2D eigenvalue weighted by Gasteiger charge is 2.29. The van der Waals surface area contributed by atoms with Gasteiger partial charge in [0.15, 0.2) is 0 Å². The van der Waals surface area contributed by atoms with Crippen molar-refractivity contribution in [2.24, 2.45) is 11.3 Å². The topological polar surface area (TPSA) is 49.3 Å². The van der Waals surface area contributed by atoms with Gasteiger partial charge in [-0.25, -0.2) is 0 Å². The second-order valence-corrected chi connectivity index (χ2v) is 5.78. The van der Waals surface area contributed by atoms with E-state index in [4.69, 9.17) is 0 Å². The summed E-state index contributed by atoms with van der Waals surface area (Å²) in [6.07, 6.45) is 2.40. The van der Waals surface area contributed by atoms with E-state index in [0.717, 1.165) is 19.3 Å². The van der Waals surface area contributed by atoms with Gasteiger partial charge >= 0.3 is 0 Å². The molecule has 0 aliphatic heterocycles. The zero-order valence-corrected chi connectivity index (χ0v) is 10.2. The van der Waals surface area contributed by atoms with E-state index >= 15 is 0 Å². The van der Waals surface area contributed by atoms with E-state index in [1.165, 1.54) is 0 Å². The summed E-state index contributed by atoms with van der Waals surface area (Å²) in [6, 6.07) is 0.245. The fraction of sp³-hybridized carbons (Fsp3) is 0.917. The standard InChI is InChI=1S/C12H23NO2/c1-8-7-9(5-6-10(8)14)13-11(15)12(2,3)4/h8-10,14H,5-7H2,1-4H3,(H,13,15)/t8-,9+,10-/m1/s1. The van der Waals surface area contributed by atoms with Crippen LogP contribution in [0, 0.1) is 11.3 Å². The third-order valence-corrected chi connectivity index (χ3v) is 3.14. The van der Waals surface area contributed by atoms with Gasteiger partial charge in [0.2, 0.25) is 5.91 Å². The lowest BCUT2D eigenvalue weighted by atomic mass is 9.84. The van der Waals surface area contributed by atoms with Crippen LogP contribution in [0.15, 0.2) is 0 Å². The molecule has 0 saturated heterocycles. The van der Waals surface area contributed by atoms with Crippen LogP contribution in [0.5, 0.6) is 0 Å². The molecule has 0 aromatic heterocycles. The Kier molecular flexibility index (Phi) is 3.77. The van der Waals surface area contributed by atoms with Crippen molar-refractivity contribution < 1.29 is 9.90 Å². The normalized spacial score (nSPS) is 32.5. The summed E-state index contributed by atoms with van der Waals surface area (Å²) in [4.78, 5) is 11.7. The summed E-state index contributed by atoms with van der Waals surface area (Å²) < 4.78 is 0. The molecule has 0 radical (unpaired) electrons. The van der Waals surface area contributed by atoms with Crippen molar-refractivity contribution in [3.63, 3.8) is 0 Å². The Morgan fingerprint density at radius 3 is 2.40 bits per heavy atom. The first-order valence-electron chi connectivity index (χ1n) is 5.79. The van der Waals surface area contributed by atoms with Crippen molar-refractivity contribution in [3.05, 3.63) is 0 Å². The number of aliphatic hydroxyl groups excluding tert-OH is 1. The van der Waals surface area contributed by atoms with Gasteiger partial charge in [-0.2, -0.15) is 0 Å². The molecule has 1 amide bonds. The number of nitrogens with one attached hydrogen (secondary N) is 1. The molecule has 1 rings (SSSR count). The van der Waals surface area contributed by atoms with Crippen molar-refractivity contribution in [3.8, 4) is 0 Å². The highest BCUT2D eigenvalue weighted by molar-refractivity contribution is 5.81. The first-order chi connectivity index (χ1) is 6.80. The Labute approximate surface area is 92.3 Å². The minimum absolute atomic E-state index is 0.107. The average Bonchev–Trinajstić information content (AvgIpc) is 2.10. The number of carbonyl (C=O) groups excluding carboxylic acids is 1. The van der Waals surface area contributed by atoms with Gasteiger partial charge in [-0.15, -0.1) is 0 Å². The predicted octanol–water partition coefficient (Wildman–Crippen LogP) is 1.70. The van der Waals surface area contributed by atoms with E-state index in [1.54, 1.807) is 0 Å². The van der Waals surface area contributed by atoms with Crippen molar-refractivity contribution in [1.29, 1.82) is 0 Å². The van der Waals surface area contributed by atoms with Gasteiger partial charge in [0.05, 0.1) is 6.10 Å². The summed E-state index contributed by atoms with van der Waals surface area (Å²) in [6.45, 7) is 7.80. The summed E-state index contributed by atoms with van der Waals surface area (Å²) in [5.74, 6) is 0.403. The molecule has 3 heteroatoms. The molecule has 0 unspecified atom stereocenters. The van der Waals surface area contributed by atoms with Gasteiger partial charge in [0, 0.05) is 11.5 Å².